The van der Waals surface area contributed by atoms with E-state index in [1.165, 1.54) is 32.1 Å². The maximum absolute atomic E-state index is 11.8. The van der Waals surface area contributed by atoms with E-state index in [4.69, 9.17) is 0 Å². The molecule has 2 aliphatic carbocycles. The van der Waals surface area contributed by atoms with Gasteiger partial charge in [0.1, 0.15) is 5.54 Å². The summed E-state index contributed by atoms with van der Waals surface area (Å²) in [6.07, 6.45) is 8.80. The molecule has 4 nitrogen and oxygen atoms in total. The summed E-state index contributed by atoms with van der Waals surface area (Å²) in [5.74, 6) is 0.409. The average molecular weight is 282 g/mol. The zero-order valence-corrected chi connectivity index (χ0v) is 13.0. The fourth-order valence-electron chi connectivity index (χ4n) is 3.84. The van der Waals surface area contributed by atoms with Crippen molar-refractivity contribution in [3.05, 3.63) is 0 Å². The molecule has 0 heterocycles. The largest absolute Gasteiger partial charge is 0.480 e. The molecule has 0 aromatic carbocycles. The predicted molar refractivity (Wildman–Crippen MR) is 80.8 cm³/mol. The summed E-state index contributed by atoms with van der Waals surface area (Å²) in [4.78, 5) is 14.1. The Kier molecular flexibility index (Phi) is 5.44. The second kappa shape index (κ2) is 6.90. The third-order valence-corrected chi connectivity index (χ3v) is 4.96. The van der Waals surface area contributed by atoms with Crippen LogP contribution in [0.1, 0.15) is 51.9 Å². The molecular weight excluding hydrogens is 252 g/mol. The van der Waals surface area contributed by atoms with Gasteiger partial charge in [0.15, 0.2) is 0 Å². The Labute approximate surface area is 122 Å². The topological polar surface area (TPSA) is 52.6 Å². The maximum atomic E-state index is 11.8. The van der Waals surface area contributed by atoms with Gasteiger partial charge >= 0.3 is 5.97 Å². The molecule has 116 valence electrons. The zero-order chi connectivity index (χ0) is 14.6. The molecule has 2 N–H and O–H groups in total. The standard InChI is InChI=1S/C16H30N2O2/c1-3-17-16(15(19)20,14-9-10-14)12-18(2)11-13-7-5-4-6-8-13/h13-14,17H,3-12H2,1-2H3,(H,19,20). The van der Waals surface area contributed by atoms with Crippen LogP contribution in [0.5, 0.6) is 0 Å². The molecule has 2 saturated carbocycles. The van der Waals surface area contributed by atoms with E-state index in [0.29, 0.717) is 12.5 Å². The van der Waals surface area contributed by atoms with Gasteiger partial charge in [-0.1, -0.05) is 26.2 Å². The maximum Gasteiger partial charge on any atom is 0.325 e. The first-order valence-electron chi connectivity index (χ1n) is 8.25. The molecule has 0 radical (unpaired) electrons. The van der Waals surface area contributed by atoms with Crippen LogP contribution in [-0.4, -0.2) is 48.2 Å². The Morgan fingerprint density at radius 1 is 1.25 bits per heavy atom. The molecule has 1 unspecified atom stereocenters. The summed E-state index contributed by atoms with van der Waals surface area (Å²) in [6.45, 7) is 4.41. The first-order valence-corrected chi connectivity index (χ1v) is 8.25. The number of carbonyl (C=O) groups is 1. The lowest BCUT2D eigenvalue weighted by atomic mass is 9.87. The highest BCUT2D eigenvalue weighted by atomic mass is 16.4. The minimum absolute atomic E-state index is 0.314. The smallest absolute Gasteiger partial charge is 0.325 e. The van der Waals surface area contributed by atoms with E-state index in [1.807, 2.05) is 6.92 Å². The minimum Gasteiger partial charge on any atom is -0.480 e. The van der Waals surface area contributed by atoms with Gasteiger partial charge in [0.2, 0.25) is 0 Å². The fraction of sp³-hybridized carbons (Fsp3) is 0.938. The molecule has 0 spiro atoms. The molecule has 1 atom stereocenters. The normalized spacial score (nSPS) is 23.8. The quantitative estimate of drug-likeness (QED) is 0.717. The van der Waals surface area contributed by atoms with Crippen molar-refractivity contribution in [1.29, 1.82) is 0 Å². The summed E-state index contributed by atoms with van der Waals surface area (Å²) >= 11 is 0. The van der Waals surface area contributed by atoms with Crippen LogP contribution in [0.4, 0.5) is 0 Å². The monoisotopic (exact) mass is 282 g/mol. The highest BCUT2D eigenvalue weighted by Gasteiger charge is 2.51. The van der Waals surface area contributed by atoms with E-state index in [-0.39, 0.29) is 0 Å². The van der Waals surface area contributed by atoms with Gasteiger partial charge in [-0.25, -0.2) is 0 Å². The molecule has 0 amide bonds. The lowest BCUT2D eigenvalue weighted by Crippen LogP contribution is -2.60. The third kappa shape index (κ3) is 3.73. The van der Waals surface area contributed by atoms with Crippen molar-refractivity contribution in [2.45, 2.75) is 57.4 Å². The van der Waals surface area contributed by atoms with Crippen LogP contribution in [0.15, 0.2) is 0 Å². The van der Waals surface area contributed by atoms with Crippen LogP contribution >= 0.6 is 0 Å². The number of hydrogen-bond donors (Lipinski definition) is 2. The summed E-state index contributed by atoms with van der Waals surface area (Å²) in [7, 11) is 2.09. The van der Waals surface area contributed by atoms with Crippen molar-refractivity contribution < 1.29 is 9.90 Å². The first kappa shape index (κ1) is 15.8. The summed E-state index contributed by atoms with van der Waals surface area (Å²) in [5.41, 5.74) is -0.724. The van der Waals surface area contributed by atoms with Crippen LogP contribution in [0.25, 0.3) is 0 Å². The average Bonchev–Trinajstić information content (AvgIpc) is 3.23. The van der Waals surface area contributed by atoms with Crippen molar-refractivity contribution >= 4 is 5.97 Å². The van der Waals surface area contributed by atoms with Crippen LogP contribution in [0.2, 0.25) is 0 Å². The van der Waals surface area contributed by atoms with Gasteiger partial charge in [-0.2, -0.15) is 0 Å². The van der Waals surface area contributed by atoms with Crippen LogP contribution < -0.4 is 5.32 Å². The number of hydrogen-bond acceptors (Lipinski definition) is 3. The molecule has 4 heteroatoms. The van der Waals surface area contributed by atoms with Crippen molar-refractivity contribution in [3.63, 3.8) is 0 Å². The predicted octanol–water partition coefficient (Wildman–Crippen LogP) is 2.34. The number of aliphatic carboxylic acids is 1. The number of carboxylic acid groups (broad SMARTS) is 1. The molecule has 0 aliphatic heterocycles. The van der Waals surface area contributed by atoms with E-state index in [9.17, 15) is 9.90 Å². The summed E-state index contributed by atoms with van der Waals surface area (Å²) < 4.78 is 0. The van der Waals surface area contributed by atoms with Crippen molar-refractivity contribution in [2.24, 2.45) is 11.8 Å². The van der Waals surface area contributed by atoms with Gasteiger partial charge in [-0.15, -0.1) is 0 Å². The van der Waals surface area contributed by atoms with Gasteiger partial charge < -0.3 is 15.3 Å². The number of carboxylic acids is 1. The third-order valence-electron chi connectivity index (χ3n) is 4.96. The van der Waals surface area contributed by atoms with Crippen LogP contribution in [0, 0.1) is 11.8 Å². The van der Waals surface area contributed by atoms with E-state index in [1.54, 1.807) is 0 Å². The van der Waals surface area contributed by atoms with Gasteiger partial charge in [0.25, 0.3) is 0 Å². The number of nitrogens with one attached hydrogen (secondary N) is 1. The Bertz CT molecular complexity index is 324. The fourth-order valence-corrected chi connectivity index (χ4v) is 3.84. The highest BCUT2D eigenvalue weighted by molar-refractivity contribution is 5.80. The number of nitrogens with zero attached hydrogens (tertiary/aromatic N) is 1. The lowest BCUT2D eigenvalue weighted by Gasteiger charge is -2.36. The first-order chi connectivity index (χ1) is 9.58. The second-order valence-corrected chi connectivity index (χ2v) is 6.78. The number of rotatable bonds is 8. The minimum atomic E-state index is -0.724. The molecule has 0 aromatic heterocycles. The van der Waals surface area contributed by atoms with Gasteiger partial charge in [0, 0.05) is 13.1 Å². The van der Waals surface area contributed by atoms with Crippen molar-refractivity contribution in [2.75, 3.05) is 26.7 Å². The van der Waals surface area contributed by atoms with Gasteiger partial charge in [-0.3, -0.25) is 4.79 Å². The van der Waals surface area contributed by atoms with E-state index < -0.39 is 11.5 Å². The molecule has 2 aliphatic rings. The zero-order valence-electron chi connectivity index (χ0n) is 13.0. The Balaban J connectivity index is 1.93. The van der Waals surface area contributed by atoms with Crippen molar-refractivity contribution in [1.82, 2.24) is 10.2 Å². The summed E-state index contributed by atoms with van der Waals surface area (Å²) in [5, 5.41) is 13.0. The summed E-state index contributed by atoms with van der Waals surface area (Å²) in [6, 6.07) is 0. The molecule has 0 bridgehead atoms. The molecule has 0 aromatic rings. The Morgan fingerprint density at radius 3 is 2.40 bits per heavy atom. The SMILES string of the molecule is CCNC(CN(C)CC1CCCCC1)(C(=O)O)C1CC1. The molecule has 2 rings (SSSR count). The van der Waals surface area contributed by atoms with E-state index in [2.05, 4.69) is 17.3 Å². The van der Waals surface area contributed by atoms with E-state index in [0.717, 1.165) is 31.8 Å². The molecular formula is C16H30N2O2. The second-order valence-electron chi connectivity index (χ2n) is 6.78. The van der Waals surface area contributed by atoms with Gasteiger partial charge in [0.05, 0.1) is 0 Å². The van der Waals surface area contributed by atoms with Crippen LogP contribution in [-0.2, 0) is 4.79 Å². The highest BCUT2D eigenvalue weighted by Crippen LogP contribution is 2.40. The molecule has 20 heavy (non-hydrogen) atoms. The number of likely N-dealkylation sites (N-methyl/N-ethyl adjacent to an activating group) is 2. The Morgan fingerprint density at radius 2 is 1.90 bits per heavy atom. The van der Waals surface area contributed by atoms with Crippen molar-refractivity contribution in [3.8, 4) is 0 Å². The lowest BCUT2D eigenvalue weighted by molar-refractivity contribution is -0.147. The van der Waals surface area contributed by atoms with Gasteiger partial charge in [-0.05, 0) is 51.1 Å². The van der Waals surface area contributed by atoms with Crippen LogP contribution in [0.3, 0.4) is 0 Å². The molecule has 0 saturated heterocycles. The van der Waals surface area contributed by atoms with E-state index >= 15 is 0 Å². The molecule has 2 fully saturated rings. The Hall–Kier alpha value is -0.610.